The Kier molecular flexibility index (Phi) is 10.0. The molecule has 0 bridgehead atoms. The van der Waals surface area contributed by atoms with Crippen molar-refractivity contribution < 1.29 is 19.2 Å². The van der Waals surface area contributed by atoms with Crippen LogP contribution < -0.4 is 0 Å². The van der Waals surface area contributed by atoms with Crippen LogP contribution in [0.2, 0.25) is 0 Å². The van der Waals surface area contributed by atoms with Crippen LogP contribution in [0.5, 0.6) is 0 Å². The second kappa shape index (κ2) is 14.3. The lowest BCUT2D eigenvalue weighted by Crippen LogP contribution is -2.61. The number of aromatic nitrogens is 1. The summed E-state index contributed by atoms with van der Waals surface area (Å²) in [6.07, 6.45) is 4.85. The van der Waals surface area contributed by atoms with Gasteiger partial charge in [0.25, 0.3) is 0 Å². The van der Waals surface area contributed by atoms with E-state index in [1.54, 1.807) is 26.0 Å². The quantitative estimate of drug-likeness (QED) is 0.217. The minimum absolute atomic E-state index is 0.00298. The van der Waals surface area contributed by atoms with Gasteiger partial charge in [0, 0.05) is 41.6 Å². The van der Waals surface area contributed by atoms with Crippen LogP contribution in [0.15, 0.2) is 78.3 Å². The van der Waals surface area contributed by atoms with Crippen LogP contribution >= 0.6 is 11.3 Å². The summed E-state index contributed by atoms with van der Waals surface area (Å²) >= 11 is 1.61. The Bertz CT molecular complexity index is 1530. The summed E-state index contributed by atoms with van der Waals surface area (Å²) < 4.78 is 0. The van der Waals surface area contributed by atoms with E-state index in [9.17, 15) is 19.2 Å². The van der Waals surface area contributed by atoms with Crippen molar-refractivity contribution in [2.75, 3.05) is 26.2 Å². The number of hydrogen-bond acceptors (Lipinski definition) is 5. The molecule has 4 aromatic rings. The van der Waals surface area contributed by atoms with Gasteiger partial charge in [0.1, 0.15) is 12.3 Å². The highest BCUT2D eigenvalue weighted by Gasteiger charge is 2.41. The minimum Gasteiger partial charge on any atom is -0.361 e. The number of nitrogens with zero attached hydrogens (tertiary/aromatic N) is 3. The molecule has 0 spiro atoms. The van der Waals surface area contributed by atoms with E-state index in [1.807, 2.05) is 85.2 Å². The zero-order valence-electron chi connectivity index (χ0n) is 24.5. The van der Waals surface area contributed by atoms with Crippen molar-refractivity contribution in [3.63, 3.8) is 0 Å². The number of benzene rings is 2. The van der Waals surface area contributed by atoms with E-state index in [0.29, 0.717) is 45.3 Å². The second-order valence-electron chi connectivity index (χ2n) is 10.9. The number of H-pyrrole nitrogens is 1. The van der Waals surface area contributed by atoms with Gasteiger partial charge >= 0.3 is 0 Å². The van der Waals surface area contributed by atoms with Crippen LogP contribution in [-0.2, 0) is 38.4 Å². The lowest BCUT2D eigenvalue weighted by Gasteiger charge is -2.41. The Morgan fingerprint density at radius 2 is 1.81 bits per heavy atom. The van der Waals surface area contributed by atoms with E-state index in [2.05, 4.69) is 4.98 Å². The maximum Gasteiger partial charge on any atom is 0.246 e. The Morgan fingerprint density at radius 1 is 1.02 bits per heavy atom. The van der Waals surface area contributed by atoms with Crippen LogP contribution in [-0.4, -0.2) is 82.0 Å². The average molecular weight is 599 g/mol. The molecule has 1 fully saturated rings. The fraction of sp³-hybridized carbons (Fsp3) is 0.353. The SMILES string of the molecule is CCC(C=O)N(CCc1c[nH]c2ccccc12)C(=O)CC1C(=O)N(CCc2ccccc2)CC(=O)N1CCc1cccs1. The van der Waals surface area contributed by atoms with E-state index in [-0.39, 0.29) is 30.7 Å². The Hall–Kier alpha value is -4.24. The maximum atomic E-state index is 14.0. The predicted octanol–water partition coefficient (Wildman–Crippen LogP) is 4.49. The van der Waals surface area contributed by atoms with Gasteiger partial charge in [-0.25, -0.2) is 0 Å². The molecular weight excluding hydrogens is 560 g/mol. The Morgan fingerprint density at radius 3 is 2.56 bits per heavy atom. The number of piperazine rings is 1. The third kappa shape index (κ3) is 7.22. The van der Waals surface area contributed by atoms with Gasteiger partial charge in [-0.3, -0.25) is 14.4 Å². The third-order valence-corrected chi connectivity index (χ3v) is 9.21. The molecule has 8 nitrogen and oxygen atoms in total. The van der Waals surface area contributed by atoms with Gasteiger partial charge < -0.3 is 24.5 Å². The monoisotopic (exact) mass is 598 g/mol. The molecule has 2 atom stereocenters. The number of para-hydroxylation sites is 1. The number of rotatable bonds is 14. The molecule has 1 aliphatic rings. The summed E-state index contributed by atoms with van der Waals surface area (Å²) in [5.41, 5.74) is 3.15. The molecule has 0 radical (unpaired) electrons. The highest BCUT2D eigenvalue weighted by Crippen LogP contribution is 2.22. The Labute approximate surface area is 256 Å². The molecule has 2 unspecified atom stereocenters. The molecule has 2 aromatic heterocycles. The van der Waals surface area contributed by atoms with Crippen molar-refractivity contribution in [2.24, 2.45) is 0 Å². The van der Waals surface area contributed by atoms with Crippen LogP contribution in [0.1, 0.15) is 35.8 Å². The molecule has 1 saturated heterocycles. The molecule has 2 aromatic carbocycles. The summed E-state index contributed by atoms with van der Waals surface area (Å²) in [5, 5.41) is 3.07. The number of amides is 3. The molecule has 43 heavy (non-hydrogen) atoms. The van der Waals surface area contributed by atoms with E-state index < -0.39 is 12.1 Å². The van der Waals surface area contributed by atoms with Crippen LogP contribution in [0, 0.1) is 0 Å². The van der Waals surface area contributed by atoms with Crippen molar-refractivity contribution in [1.82, 2.24) is 19.7 Å². The molecule has 9 heteroatoms. The van der Waals surface area contributed by atoms with Gasteiger partial charge in [-0.05, 0) is 54.3 Å². The van der Waals surface area contributed by atoms with Crippen LogP contribution in [0.4, 0.5) is 0 Å². The molecule has 0 saturated carbocycles. The number of carbonyl (C=O) groups is 4. The van der Waals surface area contributed by atoms with Crippen LogP contribution in [0.25, 0.3) is 10.9 Å². The number of aldehydes is 1. The number of fused-ring (bicyclic) bond motifs is 1. The van der Waals surface area contributed by atoms with Crippen LogP contribution in [0.3, 0.4) is 0 Å². The minimum atomic E-state index is -0.913. The van der Waals surface area contributed by atoms with Gasteiger partial charge in [-0.2, -0.15) is 0 Å². The number of nitrogens with one attached hydrogen (secondary N) is 1. The summed E-state index contributed by atoms with van der Waals surface area (Å²) in [6.45, 7) is 2.96. The zero-order valence-corrected chi connectivity index (χ0v) is 25.3. The first-order valence-electron chi connectivity index (χ1n) is 14.9. The van der Waals surface area contributed by atoms with Crippen molar-refractivity contribution in [3.05, 3.63) is 94.3 Å². The first-order valence-corrected chi connectivity index (χ1v) is 15.8. The third-order valence-electron chi connectivity index (χ3n) is 8.27. The first-order chi connectivity index (χ1) is 21.0. The summed E-state index contributed by atoms with van der Waals surface area (Å²) in [7, 11) is 0. The lowest BCUT2D eigenvalue weighted by atomic mass is 10.0. The number of carbonyl (C=O) groups excluding carboxylic acids is 4. The smallest absolute Gasteiger partial charge is 0.246 e. The highest BCUT2D eigenvalue weighted by molar-refractivity contribution is 7.09. The van der Waals surface area contributed by atoms with Crippen molar-refractivity contribution in [1.29, 1.82) is 0 Å². The standard InChI is InChI=1S/C34H38N4O4S/c1-2-27(24-39)37(18-15-26-22-35-30-13-7-6-12-29(26)30)32(40)21-31-34(42)36(17-14-25-9-4-3-5-10-25)23-33(41)38(31)19-16-28-11-8-20-43-28/h3-13,20,22,24,27,31,35H,2,14-19,21,23H2,1H3. The van der Waals surface area contributed by atoms with E-state index >= 15 is 0 Å². The first kappa shape index (κ1) is 30.2. The fourth-order valence-corrected chi connectivity index (χ4v) is 6.54. The second-order valence-corrected chi connectivity index (χ2v) is 12.0. The molecule has 5 rings (SSSR count). The molecule has 1 aliphatic heterocycles. The lowest BCUT2D eigenvalue weighted by molar-refractivity contribution is -0.158. The van der Waals surface area contributed by atoms with Gasteiger partial charge in [-0.15, -0.1) is 11.3 Å². The van der Waals surface area contributed by atoms with E-state index in [4.69, 9.17) is 0 Å². The summed E-state index contributed by atoms with van der Waals surface area (Å²) in [5.74, 6) is -0.670. The van der Waals surface area contributed by atoms with Crippen molar-refractivity contribution in [3.8, 4) is 0 Å². The molecular formula is C34H38N4O4S. The number of aromatic amines is 1. The van der Waals surface area contributed by atoms with E-state index in [0.717, 1.165) is 33.2 Å². The summed E-state index contributed by atoms with van der Waals surface area (Å²) in [6, 6.07) is 20.3. The largest absolute Gasteiger partial charge is 0.361 e. The van der Waals surface area contributed by atoms with Gasteiger partial charge in [0.2, 0.25) is 17.7 Å². The van der Waals surface area contributed by atoms with Gasteiger partial charge in [-0.1, -0.05) is 61.5 Å². The highest BCUT2D eigenvalue weighted by atomic mass is 32.1. The molecule has 0 aliphatic carbocycles. The summed E-state index contributed by atoms with van der Waals surface area (Å²) in [4.78, 5) is 62.6. The Balaban J connectivity index is 1.35. The maximum absolute atomic E-state index is 14.0. The van der Waals surface area contributed by atoms with Crippen molar-refractivity contribution >= 4 is 46.2 Å². The molecule has 1 N–H and O–H groups in total. The molecule has 224 valence electrons. The molecule has 3 heterocycles. The fourth-order valence-electron chi connectivity index (χ4n) is 5.84. The topological polar surface area (TPSA) is 93.8 Å². The van der Waals surface area contributed by atoms with E-state index in [1.165, 1.54) is 0 Å². The normalized spacial score (nSPS) is 16.1. The number of hydrogen-bond donors (Lipinski definition) is 1. The number of thiophene rings is 1. The molecule has 3 amide bonds. The average Bonchev–Trinajstić information content (AvgIpc) is 3.70. The van der Waals surface area contributed by atoms with Gasteiger partial charge in [0.15, 0.2) is 0 Å². The predicted molar refractivity (Wildman–Crippen MR) is 169 cm³/mol. The van der Waals surface area contributed by atoms with Gasteiger partial charge in [0.05, 0.1) is 19.0 Å². The van der Waals surface area contributed by atoms with Crippen molar-refractivity contribution in [2.45, 2.75) is 51.1 Å². The zero-order chi connectivity index (χ0) is 30.2.